The molecule has 0 radical (unpaired) electrons. The fourth-order valence-electron chi connectivity index (χ4n) is 5.62. The summed E-state index contributed by atoms with van der Waals surface area (Å²) in [5, 5.41) is 13.9. The molecule has 1 amide bonds. The lowest BCUT2D eigenvalue weighted by molar-refractivity contribution is -0.145. The fourth-order valence-corrected chi connectivity index (χ4v) is 8.35. The van der Waals surface area contributed by atoms with Crippen LogP contribution >= 0.6 is 11.3 Å². The number of hydrogen-bond acceptors (Lipinski definition) is 6. The minimum Gasteiger partial charge on any atom is -0.481 e. The van der Waals surface area contributed by atoms with Gasteiger partial charge in [0.05, 0.1) is 21.4 Å². The van der Waals surface area contributed by atoms with Crippen LogP contribution in [0.4, 0.5) is 0 Å². The van der Waals surface area contributed by atoms with Crippen molar-refractivity contribution in [1.82, 2.24) is 15.0 Å². The van der Waals surface area contributed by atoms with E-state index in [1.54, 1.807) is 6.07 Å². The number of benzene rings is 2. The topological polar surface area (TPSA) is 125 Å². The van der Waals surface area contributed by atoms with Crippen LogP contribution in [0.3, 0.4) is 0 Å². The molecule has 8 nitrogen and oxygen atoms in total. The van der Waals surface area contributed by atoms with Gasteiger partial charge in [0.2, 0.25) is 10.0 Å². The minimum atomic E-state index is -3.77. The lowest BCUT2D eigenvalue weighted by Crippen LogP contribution is -2.46. The van der Waals surface area contributed by atoms with Crippen molar-refractivity contribution in [2.45, 2.75) is 88.1 Å². The van der Waals surface area contributed by atoms with Gasteiger partial charge in [0, 0.05) is 28.4 Å². The van der Waals surface area contributed by atoms with E-state index in [-0.39, 0.29) is 22.8 Å². The summed E-state index contributed by atoms with van der Waals surface area (Å²) in [7, 11) is -3.77. The molecule has 39 heavy (non-hydrogen) atoms. The van der Waals surface area contributed by atoms with E-state index in [4.69, 9.17) is 10.1 Å². The first kappa shape index (κ1) is 27.7. The van der Waals surface area contributed by atoms with Crippen molar-refractivity contribution in [2.75, 3.05) is 0 Å². The number of fused-ring (bicyclic) bond motifs is 1. The number of aliphatic carboxylic acids is 1. The SMILES string of the molecule is CC(C)(C)NS(=O)(=O)c1ccc(-c2sc(C(=O)N[C@H]3C[C@H](C(=O)O)C3)nc2C2CCCCC2)c2ccccc12. The molecule has 2 fully saturated rings. The van der Waals surface area contributed by atoms with Gasteiger partial charge in [-0.1, -0.05) is 49.6 Å². The quantitative estimate of drug-likeness (QED) is 0.336. The molecule has 0 spiro atoms. The van der Waals surface area contributed by atoms with Crippen molar-refractivity contribution in [2.24, 2.45) is 5.92 Å². The summed E-state index contributed by atoms with van der Waals surface area (Å²) in [5.41, 5.74) is 1.14. The maximum absolute atomic E-state index is 13.3. The van der Waals surface area contributed by atoms with E-state index in [1.807, 2.05) is 51.1 Å². The summed E-state index contributed by atoms with van der Waals surface area (Å²) in [6.45, 7) is 5.44. The van der Waals surface area contributed by atoms with Crippen LogP contribution in [0.15, 0.2) is 41.3 Å². The average molecular weight is 570 g/mol. The molecule has 2 aromatic carbocycles. The predicted molar refractivity (Wildman–Crippen MR) is 153 cm³/mol. The zero-order valence-corrected chi connectivity index (χ0v) is 24.1. The smallest absolute Gasteiger partial charge is 0.306 e. The summed E-state index contributed by atoms with van der Waals surface area (Å²) < 4.78 is 29.4. The van der Waals surface area contributed by atoms with E-state index in [0.29, 0.717) is 23.2 Å². The van der Waals surface area contributed by atoms with Gasteiger partial charge in [-0.05, 0) is 57.9 Å². The van der Waals surface area contributed by atoms with Gasteiger partial charge in [0.25, 0.3) is 5.91 Å². The zero-order chi connectivity index (χ0) is 27.9. The second kappa shape index (κ2) is 10.6. The van der Waals surface area contributed by atoms with Crippen LogP contribution in [0.1, 0.15) is 87.1 Å². The molecule has 2 aliphatic carbocycles. The molecule has 3 aromatic rings. The number of sulfonamides is 1. The summed E-state index contributed by atoms with van der Waals surface area (Å²) in [6.07, 6.45) is 6.26. The number of hydrogen-bond donors (Lipinski definition) is 3. The molecule has 208 valence electrons. The largest absolute Gasteiger partial charge is 0.481 e. The normalized spacial score (nSPS) is 20.5. The first-order chi connectivity index (χ1) is 18.4. The van der Waals surface area contributed by atoms with Crippen molar-refractivity contribution >= 4 is 44.0 Å². The van der Waals surface area contributed by atoms with E-state index in [0.717, 1.165) is 47.2 Å². The highest BCUT2D eigenvalue weighted by atomic mass is 32.2. The summed E-state index contributed by atoms with van der Waals surface area (Å²) >= 11 is 1.33. The summed E-state index contributed by atoms with van der Waals surface area (Å²) in [5.74, 6) is -1.29. The number of nitrogens with zero attached hydrogens (tertiary/aromatic N) is 1. The van der Waals surface area contributed by atoms with Crippen molar-refractivity contribution < 1.29 is 23.1 Å². The van der Waals surface area contributed by atoms with Crippen molar-refractivity contribution in [3.8, 4) is 10.4 Å². The van der Waals surface area contributed by atoms with Gasteiger partial charge >= 0.3 is 5.97 Å². The van der Waals surface area contributed by atoms with Crippen LogP contribution < -0.4 is 10.0 Å². The van der Waals surface area contributed by atoms with Crippen LogP contribution in [0, 0.1) is 5.92 Å². The van der Waals surface area contributed by atoms with E-state index < -0.39 is 27.4 Å². The molecular formula is C29H35N3O5S2. The molecule has 3 N–H and O–H groups in total. The summed E-state index contributed by atoms with van der Waals surface area (Å²) in [6, 6.07) is 10.8. The van der Waals surface area contributed by atoms with Crippen molar-refractivity contribution in [1.29, 1.82) is 0 Å². The Balaban J connectivity index is 1.56. The average Bonchev–Trinajstić information content (AvgIpc) is 3.29. The number of carbonyl (C=O) groups excluding carboxylic acids is 1. The van der Waals surface area contributed by atoms with Gasteiger partial charge in [0.1, 0.15) is 0 Å². The Bertz CT molecular complexity index is 1510. The number of nitrogens with one attached hydrogen (secondary N) is 2. The molecular weight excluding hydrogens is 534 g/mol. The van der Waals surface area contributed by atoms with E-state index in [9.17, 15) is 18.0 Å². The van der Waals surface area contributed by atoms with Gasteiger partial charge < -0.3 is 10.4 Å². The van der Waals surface area contributed by atoms with Gasteiger partial charge in [-0.15, -0.1) is 11.3 Å². The highest BCUT2D eigenvalue weighted by Crippen LogP contribution is 2.44. The maximum Gasteiger partial charge on any atom is 0.306 e. The molecule has 1 heterocycles. The highest BCUT2D eigenvalue weighted by Gasteiger charge is 2.36. The maximum atomic E-state index is 13.3. The number of carbonyl (C=O) groups is 2. The number of amides is 1. The molecule has 2 saturated carbocycles. The standard InChI is InChI=1S/C29H35N3O5S2/c1-29(2,3)32-39(36,37)23-14-13-22(20-11-7-8-12-21(20)23)25-24(17-9-5-4-6-10-17)31-27(38-25)26(33)30-19-15-18(16-19)28(34)35/h7-8,11-14,17-19,32H,4-6,9-10,15-16H2,1-3H3,(H,30,33)(H,34,35)/t18-,19-. The third-order valence-electron chi connectivity index (χ3n) is 7.52. The molecule has 0 aliphatic heterocycles. The molecule has 0 atom stereocenters. The molecule has 0 bridgehead atoms. The Labute approximate surface area is 233 Å². The summed E-state index contributed by atoms with van der Waals surface area (Å²) in [4.78, 5) is 30.3. The second-order valence-electron chi connectivity index (χ2n) is 11.8. The first-order valence-corrected chi connectivity index (χ1v) is 15.8. The lowest BCUT2D eigenvalue weighted by Gasteiger charge is -2.32. The molecule has 10 heteroatoms. The minimum absolute atomic E-state index is 0.162. The Hall–Kier alpha value is -2.82. The second-order valence-corrected chi connectivity index (χ2v) is 14.4. The van der Waals surface area contributed by atoms with Crippen LogP contribution in [0.5, 0.6) is 0 Å². The Kier molecular flexibility index (Phi) is 7.56. The van der Waals surface area contributed by atoms with E-state index in [1.165, 1.54) is 17.8 Å². The molecule has 0 saturated heterocycles. The van der Waals surface area contributed by atoms with Crippen molar-refractivity contribution in [3.63, 3.8) is 0 Å². The fraction of sp³-hybridized carbons (Fsp3) is 0.483. The van der Waals surface area contributed by atoms with Gasteiger partial charge in [-0.3, -0.25) is 9.59 Å². The van der Waals surface area contributed by atoms with Gasteiger partial charge in [-0.25, -0.2) is 18.1 Å². The van der Waals surface area contributed by atoms with Gasteiger partial charge in [-0.2, -0.15) is 0 Å². The van der Waals surface area contributed by atoms with Crippen LogP contribution in [-0.4, -0.2) is 42.0 Å². The third-order valence-corrected chi connectivity index (χ3v) is 10.4. The van der Waals surface area contributed by atoms with Gasteiger partial charge in [0.15, 0.2) is 5.01 Å². The predicted octanol–water partition coefficient (Wildman–Crippen LogP) is 5.68. The number of carboxylic acids is 1. The highest BCUT2D eigenvalue weighted by molar-refractivity contribution is 7.89. The molecule has 0 unspecified atom stereocenters. The van der Waals surface area contributed by atoms with Crippen LogP contribution in [-0.2, 0) is 14.8 Å². The Morgan fingerprint density at radius 2 is 1.67 bits per heavy atom. The Morgan fingerprint density at radius 3 is 2.31 bits per heavy atom. The molecule has 1 aromatic heterocycles. The van der Waals surface area contributed by atoms with Crippen molar-refractivity contribution in [3.05, 3.63) is 47.1 Å². The Morgan fingerprint density at radius 1 is 1.00 bits per heavy atom. The number of aromatic nitrogens is 1. The monoisotopic (exact) mass is 569 g/mol. The third kappa shape index (κ3) is 5.88. The van der Waals surface area contributed by atoms with Crippen LogP contribution in [0.2, 0.25) is 0 Å². The van der Waals surface area contributed by atoms with Crippen LogP contribution in [0.25, 0.3) is 21.2 Å². The number of carboxylic acid groups (broad SMARTS) is 1. The lowest BCUT2D eigenvalue weighted by atomic mass is 9.80. The zero-order valence-electron chi connectivity index (χ0n) is 22.5. The number of rotatable bonds is 7. The molecule has 2 aliphatic rings. The number of thiazole rings is 1. The molecule has 5 rings (SSSR count). The van der Waals surface area contributed by atoms with E-state index in [2.05, 4.69) is 10.0 Å². The first-order valence-electron chi connectivity index (χ1n) is 13.5. The van der Waals surface area contributed by atoms with E-state index >= 15 is 0 Å².